The molecule has 0 spiro atoms. The maximum atomic E-state index is 2.55. The Morgan fingerprint density at radius 3 is 2.28 bits per heavy atom. The second kappa shape index (κ2) is 15.0. The van der Waals surface area contributed by atoms with Gasteiger partial charge in [-0.2, -0.15) is 4.57 Å². The van der Waals surface area contributed by atoms with Crippen LogP contribution in [-0.4, -0.2) is 11.6 Å². The van der Waals surface area contributed by atoms with Crippen molar-refractivity contribution in [2.24, 2.45) is 14.1 Å². The van der Waals surface area contributed by atoms with Crippen molar-refractivity contribution in [3.8, 4) is 11.5 Å². The first-order valence-electron chi connectivity index (χ1n) is 16.4. The van der Waals surface area contributed by atoms with Crippen LogP contribution < -0.4 is 14.0 Å². The highest BCUT2D eigenvalue weighted by molar-refractivity contribution is 5.87. The third-order valence-corrected chi connectivity index (χ3v) is 8.88. The third-order valence-electron chi connectivity index (χ3n) is 8.88. The summed E-state index contributed by atoms with van der Waals surface area (Å²) in [5.41, 5.74) is 8.75. The lowest BCUT2D eigenvalue weighted by molar-refractivity contribution is -0.680. The van der Waals surface area contributed by atoms with Crippen LogP contribution in [0.25, 0.3) is 34.2 Å². The number of benzene rings is 2. The van der Waals surface area contributed by atoms with E-state index in [2.05, 4.69) is 144 Å². The molecule has 0 fully saturated rings. The van der Waals surface area contributed by atoms with E-state index in [1.165, 1.54) is 109 Å². The van der Waals surface area contributed by atoms with Crippen LogP contribution in [0.3, 0.4) is 0 Å². The average molecular weight is 575 g/mol. The molecule has 0 radical (unpaired) electrons. The normalized spacial score (nSPS) is 14.0. The van der Waals surface area contributed by atoms with Gasteiger partial charge in [0.25, 0.3) is 5.69 Å². The number of unbranched alkanes of at least 4 members (excludes halogenated alkanes) is 9. The molecule has 4 aromatic rings. The maximum Gasteiger partial charge on any atom is 0.355 e. The van der Waals surface area contributed by atoms with Gasteiger partial charge in [-0.05, 0) is 48.3 Å². The van der Waals surface area contributed by atoms with E-state index in [0.717, 1.165) is 6.54 Å². The Bertz CT molecular complexity index is 1600. The van der Waals surface area contributed by atoms with Crippen molar-refractivity contribution in [2.75, 3.05) is 11.9 Å². The van der Waals surface area contributed by atoms with Gasteiger partial charge in [-0.25, -0.2) is 9.13 Å². The van der Waals surface area contributed by atoms with Crippen LogP contribution in [0.4, 0.5) is 5.69 Å². The number of imidazole rings is 1. The van der Waals surface area contributed by atoms with Crippen molar-refractivity contribution in [1.82, 2.24) is 4.57 Å². The molecule has 0 saturated heterocycles. The number of hydrogen-bond acceptors (Lipinski definition) is 1. The molecule has 43 heavy (non-hydrogen) atoms. The number of para-hydroxylation sites is 3. The topological polar surface area (TPSA) is 15.9 Å². The van der Waals surface area contributed by atoms with Crippen molar-refractivity contribution in [1.29, 1.82) is 0 Å². The average Bonchev–Trinajstić information content (AvgIpc) is 3.31. The summed E-state index contributed by atoms with van der Waals surface area (Å²) in [6.45, 7) is 3.33. The Morgan fingerprint density at radius 2 is 1.49 bits per heavy atom. The van der Waals surface area contributed by atoms with E-state index in [1.54, 1.807) is 0 Å². The minimum atomic E-state index is 1.04. The van der Waals surface area contributed by atoms with Crippen LogP contribution in [0.15, 0.2) is 91.3 Å². The highest BCUT2D eigenvalue weighted by Crippen LogP contribution is 2.31. The highest BCUT2D eigenvalue weighted by atomic mass is 15.2. The first-order valence-corrected chi connectivity index (χ1v) is 16.4. The fourth-order valence-electron chi connectivity index (χ4n) is 6.39. The van der Waals surface area contributed by atoms with Gasteiger partial charge in [-0.15, -0.1) is 0 Å². The fraction of sp³-hybridized carbons (Fsp3) is 0.385. The lowest BCUT2D eigenvalue weighted by Crippen LogP contribution is -2.38. The molecule has 0 saturated carbocycles. The van der Waals surface area contributed by atoms with E-state index in [0.29, 0.717) is 0 Å². The lowest BCUT2D eigenvalue weighted by Gasteiger charge is -2.23. The molecule has 1 aliphatic heterocycles. The molecule has 2 aromatic carbocycles. The molecule has 1 aliphatic rings. The van der Waals surface area contributed by atoms with E-state index in [4.69, 9.17) is 0 Å². The number of anilines is 1. The second-order valence-corrected chi connectivity index (χ2v) is 12.1. The zero-order valence-electron chi connectivity index (χ0n) is 26.8. The Labute approximate surface area is 259 Å². The molecule has 4 nitrogen and oxygen atoms in total. The van der Waals surface area contributed by atoms with Gasteiger partial charge in [0.15, 0.2) is 17.2 Å². The standard InChI is InChI=1S/C39H50N4/c1-5-6-7-8-9-10-11-12-13-18-28-43-37-25-17-16-24-36(37)42(4)39(43)38-31-32(26-29-41(38)3)20-19-21-33-27-30-40(2)35-23-15-14-22-34(33)35/h14-17,19-27,29-31H,5-13,18,28H2,1-4H3/q+2. The molecule has 0 aliphatic carbocycles. The molecular formula is C39H50N4+2. The smallest absolute Gasteiger partial charge is 0.351 e. The van der Waals surface area contributed by atoms with Crippen molar-refractivity contribution < 1.29 is 9.13 Å². The van der Waals surface area contributed by atoms with Gasteiger partial charge in [0.1, 0.15) is 7.05 Å². The Morgan fingerprint density at radius 1 is 0.791 bits per heavy atom. The van der Waals surface area contributed by atoms with E-state index in [-0.39, 0.29) is 0 Å². The predicted molar refractivity (Wildman–Crippen MR) is 183 cm³/mol. The van der Waals surface area contributed by atoms with Crippen LogP contribution >= 0.6 is 0 Å². The van der Waals surface area contributed by atoms with Gasteiger partial charge in [-0.3, -0.25) is 0 Å². The summed E-state index contributed by atoms with van der Waals surface area (Å²) in [6.07, 6.45) is 26.7. The monoisotopic (exact) mass is 574 g/mol. The summed E-state index contributed by atoms with van der Waals surface area (Å²) >= 11 is 0. The van der Waals surface area contributed by atoms with Gasteiger partial charge < -0.3 is 4.90 Å². The van der Waals surface area contributed by atoms with E-state index in [1.807, 2.05) is 0 Å². The summed E-state index contributed by atoms with van der Waals surface area (Å²) in [5, 5.41) is 0. The Kier molecular flexibility index (Phi) is 10.7. The van der Waals surface area contributed by atoms with Crippen LogP contribution in [-0.2, 0) is 20.6 Å². The van der Waals surface area contributed by atoms with E-state index in [9.17, 15) is 0 Å². The van der Waals surface area contributed by atoms with Crippen molar-refractivity contribution >= 4 is 28.4 Å². The van der Waals surface area contributed by atoms with Gasteiger partial charge in [0, 0.05) is 36.6 Å². The van der Waals surface area contributed by atoms with Gasteiger partial charge in [0.2, 0.25) is 0 Å². The van der Waals surface area contributed by atoms with Gasteiger partial charge in [0.05, 0.1) is 13.6 Å². The van der Waals surface area contributed by atoms with Crippen LogP contribution in [0, 0.1) is 0 Å². The summed E-state index contributed by atoms with van der Waals surface area (Å²) in [4.78, 5) is 2.18. The van der Waals surface area contributed by atoms with Gasteiger partial charge >= 0.3 is 5.82 Å². The zero-order valence-corrected chi connectivity index (χ0v) is 26.8. The molecular weight excluding hydrogens is 524 g/mol. The predicted octanol–water partition coefficient (Wildman–Crippen LogP) is 8.94. The SMILES string of the molecule is CCCCCCCCCCCCn1c(-c2cc(/C=C\C=C3/C=CN(C)c4ccccc43)cc[n+]2C)[n+](C)c2ccccc21. The molecule has 0 bridgehead atoms. The number of aromatic nitrogens is 3. The number of rotatable bonds is 14. The third kappa shape index (κ3) is 7.36. The molecule has 5 rings (SSSR count). The van der Waals surface area contributed by atoms with Crippen LogP contribution in [0.1, 0.15) is 82.3 Å². The molecule has 0 unspecified atom stereocenters. The number of allylic oxidation sites excluding steroid dienone is 4. The highest BCUT2D eigenvalue weighted by Gasteiger charge is 2.30. The Hall–Kier alpha value is -3.92. The largest absolute Gasteiger partial charge is 0.355 e. The van der Waals surface area contributed by atoms with E-state index < -0.39 is 0 Å². The van der Waals surface area contributed by atoms with Crippen molar-refractivity contribution in [2.45, 2.75) is 77.7 Å². The lowest BCUT2D eigenvalue weighted by atomic mass is 10.00. The number of hydrogen-bond donors (Lipinski definition) is 0. The molecule has 0 N–H and O–H groups in total. The molecule has 4 heteroatoms. The molecule has 224 valence electrons. The minimum Gasteiger partial charge on any atom is -0.351 e. The summed E-state index contributed by atoms with van der Waals surface area (Å²) in [7, 11) is 6.47. The quantitative estimate of drug-likeness (QED) is 0.108. The van der Waals surface area contributed by atoms with Gasteiger partial charge in [-0.1, -0.05) is 107 Å². The van der Waals surface area contributed by atoms with Crippen molar-refractivity contribution in [3.63, 3.8) is 0 Å². The maximum absolute atomic E-state index is 2.55. The number of fused-ring (bicyclic) bond motifs is 2. The minimum absolute atomic E-state index is 1.04. The molecule has 0 atom stereocenters. The van der Waals surface area contributed by atoms with Crippen molar-refractivity contribution in [3.05, 3.63) is 102 Å². The second-order valence-electron chi connectivity index (χ2n) is 12.1. The first-order chi connectivity index (χ1) is 21.1. The fourth-order valence-corrected chi connectivity index (χ4v) is 6.39. The summed E-state index contributed by atoms with van der Waals surface area (Å²) < 4.78 is 7.18. The Balaban J connectivity index is 1.33. The molecule has 3 heterocycles. The van der Waals surface area contributed by atoms with Crippen LogP contribution in [0.2, 0.25) is 0 Å². The molecule has 2 aromatic heterocycles. The first kappa shape index (κ1) is 30.5. The molecule has 0 amide bonds. The number of pyridine rings is 1. The summed E-state index contributed by atoms with van der Waals surface area (Å²) in [5.74, 6) is 1.26. The summed E-state index contributed by atoms with van der Waals surface area (Å²) in [6, 6.07) is 22.0. The number of nitrogens with zero attached hydrogens (tertiary/aromatic N) is 4. The zero-order chi connectivity index (χ0) is 30.0. The number of aryl methyl sites for hydroxylation is 3. The van der Waals surface area contributed by atoms with E-state index >= 15 is 0 Å². The van der Waals surface area contributed by atoms with Crippen LogP contribution in [0.5, 0.6) is 0 Å².